The maximum absolute atomic E-state index is 6.89. The zero-order chi connectivity index (χ0) is 23.1. The number of rotatable bonds is 3. The highest BCUT2D eigenvalue weighted by atomic mass is 35.5. The number of hydrogen-bond donors (Lipinski definition) is 0. The smallest absolute Gasteiger partial charge is 0.0660 e. The molecule has 0 amide bonds. The van der Waals surface area contributed by atoms with Crippen LogP contribution in [0.1, 0.15) is 11.1 Å². The Kier molecular flexibility index (Phi) is 8.30. The van der Waals surface area contributed by atoms with Gasteiger partial charge in [0.1, 0.15) is 0 Å². The van der Waals surface area contributed by atoms with Gasteiger partial charge in [-0.3, -0.25) is 0 Å². The molecule has 0 fully saturated rings. The lowest BCUT2D eigenvalue weighted by molar-refractivity contribution is 1.56. The van der Waals surface area contributed by atoms with Crippen LogP contribution >= 0.6 is 117 Å². The van der Waals surface area contributed by atoms with Gasteiger partial charge in [0.15, 0.2) is 0 Å². The van der Waals surface area contributed by atoms with Gasteiger partial charge in [-0.25, -0.2) is 0 Å². The number of hydrogen-bond acceptors (Lipinski definition) is 8. The molecule has 0 bridgehead atoms. The largest absolute Gasteiger partial charge is 0.116 e. The molecule has 0 aliphatic carbocycles. The summed E-state index contributed by atoms with van der Waals surface area (Å²) in [6.45, 7) is 0. The van der Waals surface area contributed by atoms with Gasteiger partial charge in [0.25, 0.3) is 0 Å². The molecule has 0 atom stereocenters. The molecule has 4 aliphatic heterocycles. The van der Waals surface area contributed by atoms with Crippen molar-refractivity contribution >= 4 is 128 Å². The van der Waals surface area contributed by atoms with E-state index in [-0.39, 0.29) is 0 Å². The summed E-state index contributed by atoms with van der Waals surface area (Å²) in [4.78, 5) is 0. The highest BCUT2D eigenvalue weighted by molar-refractivity contribution is 8.42. The van der Waals surface area contributed by atoms with Crippen molar-refractivity contribution < 1.29 is 0 Å². The second-order valence-electron chi connectivity index (χ2n) is 7.24. The molecule has 4 aliphatic rings. The summed E-state index contributed by atoms with van der Waals surface area (Å²) in [5, 5.41) is 1.55. The van der Waals surface area contributed by atoms with Gasteiger partial charge in [0.05, 0.1) is 25.4 Å². The molecule has 0 nitrogen and oxygen atoms in total. The minimum atomic E-state index is 0.774. The number of thioether (sulfide) groups is 8. The van der Waals surface area contributed by atoms with Gasteiger partial charge in [0.2, 0.25) is 0 Å². The molecule has 0 N–H and O–H groups in total. The Hall–Kier alpha value is 0.780. The quantitative estimate of drug-likeness (QED) is 0.324. The van der Waals surface area contributed by atoms with Gasteiger partial charge < -0.3 is 0 Å². The van der Waals surface area contributed by atoms with Crippen molar-refractivity contribution in [3.05, 3.63) is 95.1 Å². The van der Waals surface area contributed by atoms with Crippen molar-refractivity contribution in [2.75, 3.05) is 23.0 Å². The number of allylic oxidation sites excluding steroid dienone is 2. The average Bonchev–Trinajstić information content (AvgIpc) is 3.48. The summed E-state index contributed by atoms with van der Waals surface area (Å²) in [7, 11) is 0. The molecular formula is C24H16Cl2S8. The van der Waals surface area contributed by atoms with Crippen LogP contribution in [0.2, 0.25) is 10.0 Å². The molecule has 0 spiro atoms. The molecule has 174 valence electrons. The molecule has 0 saturated heterocycles. The Balaban J connectivity index is 1.58. The zero-order valence-corrected chi connectivity index (χ0v) is 25.5. The van der Waals surface area contributed by atoms with E-state index >= 15 is 0 Å². The van der Waals surface area contributed by atoms with Crippen molar-refractivity contribution in [3.8, 4) is 0 Å². The van der Waals surface area contributed by atoms with Crippen molar-refractivity contribution in [1.29, 1.82) is 0 Å². The van der Waals surface area contributed by atoms with Crippen molar-refractivity contribution in [3.63, 3.8) is 0 Å². The normalized spacial score (nSPS) is 20.1. The molecule has 0 radical (unpaired) electrons. The fourth-order valence-electron chi connectivity index (χ4n) is 3.66. The van der Waals surface area contributed by atoms with E-state index in [0.29, 0.717) is 0 Å². The molecule has 4 heterocycles. The van der Waals surface area contributed by atoms with Gasteiger partial charge in [-0.15, -0.1) is 47.0 Å². The van der Waals surface area contributed by atoms with Crippen molar-refractivity contribution in [2.45, 2.75) is 0 Å². The summed E-state index contributed by atoms with van der Waals surface area (Å²) < 4.78 is 8.32. The van der Waals surface area contributed by atoms with Gasteiger partial charge in [-0.05, 0) is 12.1 Å². The predicted molar refractivity (Wildman–Crippen MR) is 171 cm³/mol. The first-order valence-corrected chi connectivity index (χ1v) is 18.4. The second-order valence-corrected chi connectivity index (χ2v) is 18.1. The SMILES string of the molecule is Clc1ccccc1C(=C1SC2=C(SCCS2)S1)C(=C1SC2=C(SCCS2)S1)c1ccccc1Cl. The van der Waals surface area contributed by atoms with E-state index in [2.05, 4.69) is 24.3 Å². The third-order valence-corrected chi connectivity index (χ3v) is 17.4. The summed E-state index contributed by atoms with van der Waals surface area (Å²) in [6.07, 6.45) is 0. The molecule has 2 aromatic carbocycles. The molecule has 6 rings (SSSR count). The van der Waals surface area contributed by atoms with Crippen LogP contribution in [0.3, 0.4) is 0 Å². The molecule has 0 unspecified atom stereocenters. The van der Waals surface area contributed by atoms with Crippen LogP contribution in [0.5, 0.6) is 0 Å². The first-order chi connectivity index (χ1) is 16.7. The van der Waals surface area contributed by atoms with Crippen LogP contribution in [0.4, 0.5) is 0 Å². The summed E-state index contributed by atoms with van der Waals surface area (Å²) >= 11 is 29.3. The second kappa shape index (κ2) is 11.3. The van der Waals surface area contributed by atoms with Gasteiger partial charge >= 0.3 is 0 Å². The fourth-order valence-corrected chi connectivity index (χ4v) is 16.3. The van der Waals surface area contributed by atoms with E-state index in [1.807, 2.05) is 118 Å². The zero-order valence-electron chi connectivity index (χ0n) is 17.5. The maximum atomic E-state index is 6.89. The molecule has 2 aromatic rings. The lowest BCUT2D eigenvalue weighted by Gasteiger charge is -2.20. The van der Waals surface area contributed by atoms with Gasteiger partial charge in [-0.2, -0.15) is 0 Å². The van der Waals surface area contributed by atoms with E-state index in [4.69, 9.17) is 23.2 Å². The van der Waals surface area contributed by atoms with Crippen LogP contribution in [0.25, 0.3) is 11.1 Å². The standard InChI is InChI=1S/C24H16Cl2S8/c25-15-7-3-1-5-13(15)17(19-31-21-22(32-19)28-10-9-27-21)18(14-6-2-4-8-16(14)26)20-33-23-24(34-20)30-12-11-29-23/h1-8H,9-12H2. The highest BCUT2D eigenvalue weighted by Gasteiger charge is 2.34. The van der Waals surface area contributed by atoms with Crippen LogP contribution < -0.4 is 0 Å². The summed E-state index contributed by atoms with van der Waals surface area (Å²) in [5.74, 6) is 4.67. The van der Waals surface area contributed by atoms with Crippen LogP contribution in [0, 0.1) is 0 Å². The lowest BCUT2D eigenvalue weighted by Crippen LogP contribution is -1.96. The van der Waals surface area contributed by atoms with Crippen molar-refractivity contribution in [2.24, 2.45) is 0 Å². The highest BCUT2D eigenvalue weighted by Crippen LogP contribution is 2.66. The minimum Gasteiger partial charge on any atom is -0.116 e. The average molecular weight is 632 g/mol. The number of halogens is 2. The Morgan fingerprint density at radius 3 is 1.15 bits per heavy atom. The third kappa shape index (κ3) is 5.07. The van der Waals surface area contributed by atoms with E-state index in [9.17, 15) is 0 Å². The van der Waals surface area contributed by atoms with Gasteiger partial charge in [-0.1, -0.05) is 107 Å². The van der Waals surface area contributed by atoms with Crippen molar-refractivity contribution in [1.82, 2.24) is 0 Å². The van der Waals surface area contributed by atoms with E-state index in [0.717, 1.165) is 21.2 Å². The summed E-state index contributed by atoms with van der Waals surface area (Å²) in [5.41, 5.74) is 4.55. The van der Waals surface area contributed by atoms with Crippen LogP contribution in [0.15, 0.2) is 74.0 Å². The monoisotopic (exact) mass is 630 g/mol. The molecular weight excluding hydrogens is 616 g/mol. The van der Waals surface area contributed by atoms with Crippen LogP contribution in [-0.2, 0) is 0 Å². The van der Waals surface area contributed by atoms with E-state index in [1.165, 1.54) is 59.6 Å². The third-order valence-electron chi connectivity index (χ3n) is 5.12. The summed E-state index contributed by atoms with van der Waals surface area (Å²) in [6, 6.07) is 16.5. The minimum absolute atomic E-state index is 0.774. The Bertz CT molecular complexity index is 1150. The molecule has 10 heteroatoms. The fraction of sp³-hybridized carbons (Fsp3) is 0.167. The first kappa shape index (κ1) is 25.1. The maximum Gasteiger partial charge on any atom is 0.0660 e. The Morgan fingerprint density at radius 2 is 0.824 bits per heavy atom. The predicted octanol–water partition coefficient (Wildman–Crippen LogP) is 11.2. The van der Waals surface area contributed by atoms with E-state index in [1.54, 1.807) is 0 Å². The number of benzene rings is 2. The van der Waals surface area contributed by atoms with Crippen LogP contribution in [-0.4, -0.2) is 23.0 Å². The Labute approximate surface area is 244 Å². The topological polar surface area (TPSA) is 0 Å². The molecule has 0 aromatic heterocycles. The first-order valence-electron chi connectivity index (χ1n) is 10.4. The molecule has 0 saturated carbocycles. The van der Waals surface area contributed by atoms with E-state index < -0.39 is 0 Å². The lowest BCUT2D eigenvalue weighted by atomic mass is 9.94. The molecule has 34 heavy (non-hydrogen) atoms. The Morgan fingerprint density at radius 1 is 0.500 bits per heavy atom. The van der Waals surface area contributed by atoms with Gasteiger partial charge in [0, 0.05) is 55.3 Å².